The van der Waals surface area contributed by atoms with Gasteiger partial charge >= 0.3 is 5.97 Å². The maximum Gasteiger partial charge on any atom is 0.302 e. The molecule has 0 aliphatic heterocycles. The molecule has 0 saturated heterocycles. The molecule has 0 aliphatic rings. The minimum absolute atomic E-state index is 0.170. The third kappa shape index (κ3) is 15.2. The van der Waals surface area contributed by atoms with Crippen LogP contribution in [0.25, 0.3) is 0 Å². The van der Waals surface area contributed by atoms with Crippen molar-refractivity contribution >= 4 is 5.97 Å². The van der Waals surface area contributed by atoms with Crippen molar-refractivity contribution in [3.8, 4) is 0 Å². The normalized spacial score (nSPS) is 12.8. The summed E-state index contributed by atoms with van der Waals surface area (Å²) in [6.07, 6.45) is 16.0. The van der Waals surface area contributed by atoms with Crippen LogP contribution < -0.4 is 0 Å². The van der Waals surface area contributed by atoms with Gasteiger partial charge < -0.3 is 4.74 Å². The highest BCUT2D eigenvalue weighted by atomic mass is 16.5. The van der Waals surface area contributed by atoms with Crippen LogP contribution in [0, 0.1) is 5.92 Å². The first-order chi connectivity index (χ1) is 9.16. The van der Waals surface area contributed by atoms with Gasteiger partial charge in [0.05, 0.1) is 6.61 Å². The van der Waals surface area contributed by atoms with Crippen LogP contribution >= 0.6 is 0 Å². The molecule has 0 aromatic heterocycles. The van der Waals surface area contributed by atoms with Crippen molar-refractivity contribution in [1.82, 2.24) is 0 Å². The van der Waals surface area contributed by atoms with Crippen LogP contribution in [0.3, 0.4) is 0 Å². The van der Waals surface area contributed by atoms with Crippen LogP contribution in [0.4, 0.5) is 0 Å². The Bertz CT molecular complexity index is 233. The largest absolute Gasteiger partial charge is 0.466 e. The van der Waals surface area contributed by atoms with Crippen LogP contribution in [0.5, 0.6) is 0 Å². The van der Waals surface area contributed by atoms with E-state index in [9.17, 15) is 4.79 Å². The zero-order chi connectivity index (χ0) is 14.3. The minimum atomic E-state index is -0.170. The summed E-state index contributed by atoms with van der Waals surface area (Å²) in [6, 6.07) is 0. The Morgan fingerprint density at radius 2 is 1.84 bits per heavy atom. The molecule has 0 spiro atoms. The fourth-order valence-corrected chi connectivity index (χ4v) is 2.07. The molecule has 0 N–H and O–H groups in total. The molecule has 19 heavy (non-hydrogen) atoms. The van der Waals surface area contributed by atoms with Crippen molar-refractivity contribution in [3.63, 3.8) is 0 Å². The van der Waals surface area contributed by atoms with Gasteiger partial charge in [-0.3, -0.25) is 4.79 Å². The Kier molecular flexibility index (Phi) is 13.1. The molecule has 0 aromatic carbocycles. The predicted octanol–water partition coefficient (Wildman–Crippen LogP) is 5.27. The van der Waals surface area contributed by atoms with Crippen molar-refractivity contribution in [2.75, 3.05) is 6.61 Å². The first-order valence-electron chi connectivity index (χ1n) is 7.96. The van der Waals surface area contributed by atoms with Gasteiger partial charge in [-0.05, 0) is 38.0 Å². The lowest BCUT2D eigenvalue weighted by Crippen LogP contribution is -2.01. The zero-order valence-corrected chi connectivity index (χ0v) is 13.1. The van der Waals surface area contributed by atoms with E-state index >= 15 is 0 Å². The fraction of sp³-hybridized carbons (Fsp3) is 0.824. The summed E-state index contributed by atoms with van der Waals surface area (Å²) in [5.41, 5.74) is 0. The monoisotopic (exact) mass is 268 g/mol. The van der Waals surface area contributed by atoms with Gasteiger partial charge in [0.2, 0.25) is 0 Å². The topological polar surface area (TPSA) is 26.3 Å². The standard InChI is InChI=1S/C17H32O2/c1-4-5-6-7-8-9-10-13-16(2)14-11-12-15-19-17(3)18/h10,13,16H,4-9,11-12,14-15H2,1-3H3/b13-10-. The van der Waals surface area contributed by atoms with E-state index in [1.165, 1.54) is 51.9 Å². The molecule has 0 heterocycles. The third-order valence-corrected chi connectivity index (χ3v) is 3.30. The molecule has 2 nitrogen and oxygen atoms in total. The van der Waals surface area contributed by atoms with Crippen LogP contribution in [-0.4, -0.2) is 12.6 Å². The molecular formula is C17H32O2. The Morgan fingerprint density at radius 3 is 2.53 bits per heavy atom. The van der Waals surface area contributed by atoms with E-state index in [4.69, 9.17) is 4.74 Å². The Hall–Kier alpha value is -0.790. The van der Waals surface area contributed by atoms with Gasteiger partial charge in [0.15, 0.2) is 0 Å². The van der Waals surface area contributed by atoms with Crippen molar-refractivity contribution in [2.45, 2.75) is 78.6 Å². The number of ether oxygens (including phenoxy) is 1. The predicted molar refractivity (Wildman–Crippen MR) is 82.2 cm³/mol. The lowest BCUT2D eigenvalue weighted by molar-refractivity contribution is -0.141. The van der Waals surface area contributed by atoms with Gasteiger partial charge in [0.1, 0.15) is 0 Å². The van der Waals surface area contributed by atoms with E-state index in [0.29, 0.717) is 12.5 Å². The number of carbonyl (C=O) groups excluding carboxylic acids is 1. The molecule has 0 fully saturated rings. The molecule has 112 valence electrons. The second kappa shape index (κ2) is 13.6. The van der Waals surface area contributed by atoms with E-state index in [-0.39, 0.29) is 5.97 Å². The molecule has 1 atom stereocenters. The van der Waals surface area contributed by atoms with Crippen molar-refractivity contribution in [3.05, 3.63) is 12.2 Å². The summed E-state index contributed by atoms with van der Waals surface area (Å²) in [5, 5.41) is 0. The maximum absolute atomic E-state index is 10.6. The van der Waals surface area contributed by atoms with Gasteiger partial charge in [0.25, 0.3) is 0 Å². The highest BCUT2D eigenvalue weighted by Crippen LogP contribution is 2.11. The first kappa shape index (κ1) is 18.2. The van der Waals surface area contributed by atoms with Crippen molar-refractivity contribution < 1.29 is 9.53 Å². The summed E-state index contributed by atoms with van der Waals surface area (Å²) < 4.78 is 4.91. The number of hydrogen-bond acceptors (Lipinski definition) is 2. The van der Waals surface area contributed by atoms with Crippen LogP contribution in [-0.2, 0) is 9.53 Å². The minimum Gasteiger partial charge on any atom is -0.466 e. The van der Waals surface area contributed by atoms with E-state index in [2.05, 4.69) is 26.0 Å². The van der Waals surface area contributed by atoms with Gasteiger partial charge in [-0.25, -0.2) is 0 Å². The number of unbranched alkanes of at least 4 members (excludes halogenated alkanes) is 6. The smallest absolute Gasteiger partial charge is 0.302 e. The van der Waals surface area contributed by atoms with Gasteiger partial charge in [0, 0.05) is 6.92 Å². The second-order valence-electron chi connectivity index (χ2n) is 5.44. The highest BCUT2D eigenvalue weighted by Gasteiger charge is 1.98. The molecule has 0 aromatic rings. The van der Waals surface area contributed by atoms with Crippen molar-refractivity contribution in [1.29, 1.82) is 0 Å². The summed E-state index contributed by atoms with van der Waals surface area (Å²) in [5.74, 6) is 0.476. The van der Waals surface area contributed by atoms with E-state index < -0.39 is 0 Å². The molecule has 2 heteroatoms. The summed E-state index contributed by atoms with van der Waals surface area (Å²) in [7, 11) is 0. The van der Waals surface area contributed by atoms with Crippen molar-refractivity contribution in [2.24, 2.45) is 5.92 Å². The molecular weight excluding hydrogens is 236 g/mol. The lowest BCUT2D eigenvalue weighted by Gasteiger charge is -2.06. The molecule has 1 unspecified atom stereocenters. The zero-order valence-electron chi connectivity index (χ0n) is 13.1. The van der Waals surface area contributed by atoms with Gasteiger partial charge in [-0.1, -0.05) is 51.7 Å². The fourth-order valence-electron chi connectivity index (χ4n) is 2.07. The number of allylic oxidation sites excluding steroid dienone is 2. The number of hydrogen-bond donors (Lipinski definition) is 0. The molecule has 0 bridgehead atoms. The van der Waals surface area contributed by atoms with E-state index in [1.54, 1.807) is 0 Å². The van der Waals surface area contributed by atoms with Crippen LogP contribution in [0.2, 0.25) is 0 Å². The average molecular weight is 268 g/mol. The summed E-state index contributed by atoms with van der Waals surface area (Å²) >= 11 is 0. The quantitative estimate of drug-likeness (QED) is 0.274. The highest BCUT2D eigenvalue weighted by molar-refractivity contribution is 5.65. The summed E-state index contributed by atoms with van der Waals surface area (Å²) in [6.45, 7) is 6.55. The molecule has 0 amide bonds. The Balaban J connectivity index is 3.32. The average Bonchev–Trinajstić information content (AvgIpc) is 2.37. The lowest BCUT2D eigenvalue weighted by atomic mass is 10.0. The molecule has 0 saturated carbocycles. The SMILES string of the molecule is CCCCCCC/C=C\C(C)CCCCOC(C)=O. The van der Waals surface area contributed by atoms with Crippen LogP contribution in [0.1, 0.15) is 78.6 Å². The van der Waals surface area contributed by atoms with Gasteiger partial charge in [-0.15, -0.1) is 0 Å². The number of esters is 1. The number of carbonyl (C=O) groups is 1. The van der Waals surface area contributed by atoms with E-state index in [0.717, 1.165) is 12.8 Å². The Labute approximate surface area is 119 Å². The number of rotatable bonds is 12. The Morgan fingerprint density at radius 1 is 1.11 bits per heavy atom. The van der Waals surface area contributed by atoms with Gasteiger partial charge in [-0.2, -0.15) is 0 Å². The molecule has 0 radical (unpaired) electrons. The van der Waals surface area contributed by atoms with Crippen LogP contribution in [0.15, 0.2) is 12.2 Å². The summed E-state index contributed by atoms with van der Waals surface area (Å²) in [4.78, 5) is 10.6. The van der Waals surface area contributed by atoms with E-state index in [1.807, 2.05) is 0 Å². The molecule has 0 aliphatic carbocycles. The second-order valence-corrected chi connectivity index (χ2v) is 5.44. The maximum atomic E-state index is 10.6. The molecule has 0 rings (SSSR count). The first-order valence-corrected chi connectivity index (χ1v) is 7.96. The third-order valence-electron chi connectivity index (χ3n) is 3.30.